The molecule has 118 valence electrons. The predicted octanol–water partition coefficient (Wildman–Crippen LogP) is 3.22. The highest BCUT2D eigenvalue weighted by Crippen LogP contribution is 2.44. The van der Waals surface area contributed by atoms with E-state index < -0.39 is 0 Å². The number of benzene rings is 1. The van der Waals surface area contributed by atoms with Crippen molar-refractivity contribution in [3.63, 3.8) is 0 Å². The first-order valence-electron chi connectivity index (χ1n) is 7.57. The Hall–Kier alpha value is -1.65. The van der Waals surface area contributed by atoms with E-state index in [4.69, 9.17) is 4.42 Å². The van der Waals surface area contributed by atoms with E-state index in [0.717, 1.165) is 48.5 Å². The summed E-state index contributed by atoms with van der Waals surface area (Å²) in [5.74, 6) is 2.15. The molecule has 22 heavy (non-hydrogen) atoms. The maximum Gasteiger partial charge on any atom is 0.157 e. The fourth-order valence-electron chi connectivity index (χ4n) is 3.74. The van der Waals surface area contributed by atoms with Gasteiger partial charge in [0.25, 0.3) is 0 Å². The van der Waals surface area contributed by atoms with Gasteiger partial charge in [0.1, 0.15) is 11.5 Å². The van der Waals surface area contributed by atoms with Gasteiger partial charge in [-0.1, -0.05) is 6.92 Å². The molecule has 0 amide bonds. The molecule has 4 nitrogen and oxygen atoms in total. The van der Waals surface area contributed by atoms with E-state index in [-0.39, 0.29) is 29.8 Å². The van der Waals surface area contributed by atoms with E-state index in [2.05, 4.69) is 18.3 Å². The summed E-state index contributed by atoms with van der Waals surface area (Å²) in [6, 6.07) is 5.95. The van der Waals surface area contributed by atoms with Crippen LogP contribution in [0.4, 0.5) is 0 Å². The van der Waals surface area contributed by atoms with Crippen molar-refractivity contribution in [1.82, 2.24) is 5.32 Å². The second-order valence-electron chi connectivity index (χ2n) is 5.99. The number of aryl methyl sites for hydroxylation is 2. The molecule has 1 aromatic carbocycles. The molecule has 0 unspecified atom stereocenters. The van der Waals surface area contributed by atoms with Crippen LogP contribution in [0.25, 0.3) is 0 Å². The van der Waals surface area contributed by atoms with Crippen molar-refractivity contribution < 1.29 is 14.6 Å². The molecule has 1 aromatic heterocycles. The monoisotopic (exact) mass is 321 g/mol. The van der Waals surface area contributed by atoms with Gasteiger partial charge < -0.3 is 19.9 Å². The lowest BCUT2D eigenvalue weighted by Gasteiger charge is -2.37. The van der Waals surface area contributed by atoms with Crippen molar-refractivity contribution in [3.8, 4) is 11.5 Å². The van der Waals surface area contributed by atoms with Crippen molar-refractivity contribution >= 4 is 12.4 Å². The molecule has 0 fully saturated rings. The molecule has 0 bridgehead atoms. The van der Waals surface area contributed by atoms with Crippen LogP contribution in [0.3, 0.4) is 0 Å². The third kappa shape index (κ3) is 2.18. The zero-order valence-corrected chi connectivity index (χ0v) is 13.2. The molecule has 2 aliphatic rings. The van der Waals surface area contributed by atoms with Gasteiger partial charge in [0, 0.05) is 23.9 Å². The topological polar surface area (TPSA) is 65.6 Å². The fraction of sp³-hybridized carbons (Fsp3) is 0.412. The highest BCUT2D eigenvalue weighted by atomic mass is 35.5. The maximum absolute atomic E-state index is 9.87. The first-order chi connectivity index (χ1) is 10.2. The lowest BCUT2D eigenvalue weighted by Crippen LogP contribution is -2.42. The van der Waals surface area contributed by atoms with Gasteiger partial charge in [-0.3, -0.25) is 0 Å². The Kier molecular flexibility index (Phi) is 3.83. The molecule has 0 saturated heterocycles. The van der Waals surface area contributed by atoms with E-state index in [1.54, 1.807) is 12.1 Å². The van der Waals surface area contributed by atoms with Crippen LogP contribution in [0.5, 0.6) is 11.5 Å². The van der Waals surface area contributed by atoms with Crippen LogP contribution >= 0.6 is 12.4 Å². The van der Waals surface area contributed by atoms with Gasteiger partial charge in [0.2, 0.25) is 0 Å². The smallest absolute Gasteiger partial charge is 0.157 e. The van der Waals surface area contributed by atoms with Gasteiger partial charge in [-0.25, -0.2) is 0 Å². The Labute approximate surface area is 135 Å². The normalized spacial score (nSPS) is 22.2. The zero-order chi connectivity index (χ0) is 14.6. The molecular formula is C17H20ClNO3. The van der Waals surface area contributed by atoms with Gasteiger partial charge in [-0.15, -0.1) is 12.4 Å². The molecule has 0 saturated carbocycles. The van der Waals surface area contributed by atoms with Crippen LogP contribution in [0.2, 0.25) is 0 Å². The zero-order valence-electron chi connectivity index (χ0n) is 12.4. The molecule has 2 atom stereocenters. The molecule has 1 aliphatic heterocycles. The molecule has 1 aliphatic carbocycles. The summed E-state index contributed by atoms with van der Waals surface area (Å²) < 4.78 is 5.90. The Bertz CT molecular complexity index is 710. The molecule has 0 radical (unpaired) electrons. The van der Waals surface area contributed by atoms with E-state index in [1.165, 1.54) is 5.56 Å². The number of fused-ring (bicyclic) bond motifs is 5. The second kappa shape index (κ2) is 5.52. The minimum absolute atomic E-state index is 0. The lowest BCUT2D eigenvalue weighted by molar-refractivity contribution is 0.347. The molecule has 0 spiro atoms. The number of furan rings is 1. The molecule has 4 rings (SSSR count). The van der Waals surface area contributed by atoms with Crippen LogP contribution in [-0.4, -0.2) is 16.3 Å². The van der Waals surface area contributed by atoms with E-state index in [9.17, 15) is 10.2 Å². The third-order valence-electron chi connectivity index (χ3n) is 4.80. The summed E-state index contributed by atoms with van der Waals surface area (Å²) in [5, 5.41) is 23.1. The van der Waals surface area contributed by atoms with E-state index >= 15 is 0 Å². The van der Waals surface area contributed by atoms with Gasteiger partial charge in [0.05, 0.1) is 6.54 Å². The molecule has 2 heterocycles. The van der Waals surface area contributed by atoms with Crippen molar-refractivity contribution in [3.05, 3.63) is 46.4 Å². The summed E-state index contributed by atoms with van der Waals surface area (Å²) >= 11 is 0. The Balaban J connectivity index is 0.00000144. The second-order valence-corrected chi connectivity index (χ2v) is 5.99. The van der Waals surface area contributed by atoms with Gasteiger partial charge in [-0.05, 0) is 42.2 Å². The van der Waals surface area contributed by atoms with Gasteiger partial charge >= 0.3 is 0 Å². The van der Waals surface area contributed by atoms with Crippen LogP contribution in [0.1, 0.15) is 47.5 Å². The SMILES string of the molecule is CCc1cc2c(o1)CN[C@@H]1CCc3cc(O)c(O)cc3[C@@H]21.Cl. The Morgan fingerprint density at radius 3 is 2.73 bits per heavy atom. The van der Waals surface area contributed by atoms with E-state index in [1.807, 2.05) is 0 Å². The van der Waals surface area contributed by atoms with Crippen molar-refractivity contribution in [2.45, 2.75) is 44.7 Å². The minimum Gasteiger partial charge on any atom is -0.504 e. The average Bonchev–Trinajstić information content (AvgIpc) is 2.91. The summed E-state index contributed by atoms with van der Waals surface area (Å²) in [7, 11) is 0. The van der Waals surface area contributed by atoms with Crippen LogP contribution in [-0.2, 0) is 19.4 Å². The molecule has 2 aromatic rings. The van der Waals surface area contributed by atoms with Crippen LogP contribution in [0, 0.1) is 0 Å². The first kappa shape index (κ1) is 15.3. The lowest BCUT2D eigenvalue weighted by atomic mass is 9.74. The maximum atomic E-state index is 9.87. The third-order valence-corrected chi connectivity index (χ3v) is 4.80. The number of phenolic OH excluding ortho intramolecular Hbond substituents is 2. The fourth-order valence-corrected chi connectivity index (χ4v) is 3.74. The number of nitrogens with one attached hydrogen (secondary N) is 1. The summed E-state index contributed by atoms with van der Waals surface area (Å²) in [4.78, 5) is 0. The number of aromatic hydroxyl groups is 2. The summed E-state index contributed by atoms with van der Waals surface area (Å²) in [6.07, 6.45) is 2.84. The minimum atomic E-state index is -0.0410. The van der Waals surface area contributed by atoms with Crippen molar-refractivity contribution in [2.75, 3.05) is 0 Å². The van der Waals surface area contributed by atoms with Crippen molar-refractivity contribution in [1.29, 1.82) is 0 Å². The van der Waals surface area contributed by atoms with Gasteiger partial charge in [-0.2, -0.15) is 0 Å². The van der Waals surface area contributed by atoms with Crippen molar-refractivity contribution in [2.24, 2.45) is 0 Å². The molecule has 5 heteroatoms. The largest absolute Gasteiger partial charge is 0.504 e. The number of halogens is 1. The van der Waals surface area contributed by atoms with E-state index in [0.29, 0.717) is 6.04 Å². The first-order valence-corrected chi connectivity index (χ1v) is 7.57. The highest BCUT2D eigenvalue weighted by molar-refractivity contribution is 5.85. The standard InChI is InChI=1S/C17H19NO3.ClH/c1-2-10-6-12-16(21-10)8-18-13-4-3-9-5-14(19)15(20)7-11(9)17(12)13;/h5-7,13,17-20H,2-4,8H2,1H3;1H/t13-,17+;/m1./s1. The summed E-state index contributed by atoms with van der Waals surface area (Å²) in [6.45, 7) is 2.86. The molecular weight excluding hydrogens is 302 g/mol. The predicted molar refractivity (Wildman–Crippen MR) is 85.9 cm³/mol. The Morgan fingerprint density at radius 2 is 1.95 bits per heavy atom. The van der Waals surface area contributed by atoms with Gasteiger partial charge in [0.15, 0.2) is 11.5 Å². The Morgan fingerprint density at radius 1 is 1.18 bits per heavy atom. The van der Waals surface area contributed by atoms with Crippen LogP contribution < -0.4 is 5.32 Å². The highest BCUT2D eigenvalue weighted by Gasteiger charge is 2.37. The number of hydrogen-bond acceptors (Lipinski definition) is 4. The number of hydrogen-bond donors (Lipinski definition) is 3. The summed E-state index contributed by atoms with van der Waals surface area (Å²) in [5.41, 5.74) is 3.47. The average molecular weight is 322 g/mol. The number of phenols is 2. The number of rotatable bonds is 1. The van der Waals surface area contributed by atoms with Crippen LogP contribution in [0.15, 0.2) is 22.6 Å². The molecule has 3 N–H and O–H groups in total. The quantitative estimate of drug-likeness (QED) is 0.706.